The lowest BCUT2D eigenvalue weighted by Gasteiger charge is -2.21. The van der Waals surface area contributed by atoms with Crippen molar-refractivity contribution in [3.05, 3.63) is 69.2 Å². The Bertz CT molecular complexity index is 719. The quantitative estimate of drug-likeness (QED) is 0.697. The van der Waals surface area contributed by atoms with Gasteiger partial charge in [-0.15, -0.1) is 12.4 Å². The standard InChI is InChI=1S/C17H16Cl2N2S.ClH/c18-11-6-7-15(19)14(10-11)16(22)12-4-1-2-5-13(12)17-20-8-3-9-21-17;/h1-2,4-7,10,16,22H,3,8-9H2,(H,20,21);1H. The molecule has 1 N–H and O–H groups in total. The fraction of sp³-hybridized carbons (Fsp3) is 0.235. The zero-order valence-corrected chi connectivity index (χ0v) is 15.5. The van der Waals surface area contributed by atoms with Gasteiger partial charge in [0.1, 0.15) is 5.84 Å². The number of nitrogens with zero attached hydrogens (tertiary/aromatic N) is 1. The van der Waals surface area contributed by atoms with Crippen LogP contribution in [0.15, 0.2) is 47.5 Å². The zero-order valence-electron chi connectivity index (χ0n) is 12.3. The molecule has 0 saturated heterocycles. The number of thiol groups is 1. The average Bonchev–Trinajstić information content (AvgIpc) is 2.57. The molecule has 1 aliphatic heterocycles. The molecule has 0 bridgehead atoms. The van der Waals surface area contributed by atoms with Crippen LogP contribution in [0.25, 0.3) is 0 Å². The highest BCUT2D eigenvalue weighted by atomic mass is 35.5. The topological polar surface area (TPSA) is 24.4 Å². The van der Waals surface area contributed by atoms with Gasteiger partial charge < -0.3 is 5.32 Å². The molecule has 3 rings (SSSR count). The lowest BCUT2D eigenvalue weighted by molar-refractivity contribution is 0.741. The Morgan fingerprint density at radius 2 is 1.87 bits per heavy atom. The third kappa shape index (κ3) is 4.16. The molecule has 0 spiro atoms. The van der Waals surface area contributed by atoms with E-state index in [2.05, 4.69) is 22.4 Å². The molecule has 0 aliphatic carbocycles. The second-order valence-corrected chi connectivity index (χ2v) is 6.53. The molecule has 0 fully saturated rings. The van der Waals surface area contributed by atoms with Gasteiger partial charge in [0.2, 0.25) is 0 Å². The molecule has 6 heteroatoms. The number of benzene rings is 2. The van der Waals surface area contributed by atoms with Crippen LogP contribution in [-0.4, -0.2) is 18.9 Å². The molecule has 122 valence electrons. The molecule has 1 unspecified atom stereocenters. The maximum Gasteiger partial charge on any atom is 0.128 e. The third-order valence-electron chi connectivity index (χ3n) is 3.66. The van der Waals surface area contributed by atoms with Gasteiger partial charge in [0.15, 0.2) is 0 Å². The highest BCUT2D eigenvalue weighted by molar-refractivity contribution is 7.80. The molecule has 2 nitrogen and oxygen atoms in total. The molecule has 1 heterocycles. The molecule has 0 amide bonds. The highest BCUT2D eigenvalue weighted by Gasteiger charge is 2.19. The maximum atomic E-state index is 6.33. The van der Waals surface area contributed by atoms with Crippen LogP contribution < -0.4 is 5.32 Å². The van der Waals surface area contributed by atoms with Crippen LogP contribution in [0, 0.1) is 0 Å². The Morgan fingerprint density at radius 3 is 2.61 bits per heavy atom. The van der Waals surface area contributed by atoms with Crippen molar-refractivity contribution in [2.45, 2.75) is 11.7 Å². The Labute approximate surface area is 158 Å². The summed E-state index contributed by atoms with van der Waals surface area (Å²) in [6.07, 6.45) is 1.07. The maximum absolute atomic E-state index is 6.33. The van der Waals surface area contributed by atoms with Crippen molar-refractivity contribution in [1.29, 1.82) is 0 Å². The molecule has 2 aromatic carbocycles. The molecule has 0 radical (unpaired) electrons. The van der Waals surface area contributed by atoms with E-state index < -0.39 is 0 Å². The first kappa shape index (κ1) is 18.5. The molecule has 1 aliphatic rings. The van der Waals surface area contributed by atoms with Gasteiger partial charge in [-0.2, -0.15) is 12.6 Å². The fourth-order valence-electron chi connectivity index (χ4n) is 2.56. The van der Waals surface area contributed by atoms with E-state index >= 15 is 0 Å². The second kappa shape index (κ2) is 8.29. The van der Waals surface area contributed by atoms with E-state index in [1.165, 1.54) is 0 Å². The molecular formula is C17H17Cl3N2S. The van der Waals surface area contributed by atoms with E-state index in [1.807, 2.05) is 18.2 Å². The number of hydrogen-bond acceptors (Lipinski definition) is 3. The molecule has 0 saturated carbocycles. The van der Waals surface area contributed by atoms with E-state index in [4.69, 9.17) is 35.8 Å². The van der Waals surface area contributed by atoms with E-state index in [9.17, 15) is 0 Å². The van der Waals surface area contributed by atoms with Crippen molar-refractivity contribution in [1.82, 2.24) is 5.32 Å². The van der Waals surface area contributed by atoms with E-state index in [1.54, 1.807) is 12.1 Å². The van der Waals surface area contributed by atoms with Crippen molar-refractivity contribution in [2.75, 3.05) is 13.1 Å². The number of rotatable bonds is 3. The Kier molecular flexibility index (Phi) is 6.66. The van der Waals surface area contributed by atoms with E-state index in [0.717, 1.165) is 42.0 Å². The Hall–Kier alpha value is -0.870. The number of aliphatic imine (C=N–C) groups is 1. The van der Waals surface area contributed by atoms with Crippen molar-refractivity contribution in [2.24, 2.45) is 4.99 Å². The molecule has 2 aromatic rings. The van der Waals surface area contributed by atoms with Crippen LogP contribution >= 0.6 is 48.2 Å². The number of amidine groups is 1. The van der Waals surface area contributed by atoms with Gasteiger partial charge in [-0.25, -0.2) is 0 Å². The van der Waals surface area contributed by atoms with Gasteiger partial charge >= 0.3 is 0 Å². The van der Waals surface area contributed by atoms with Gasteiger partial charge in [0.25, 0.3) is 0 Å². The lowest BCUT2D eigenvalue weighted by atomic mass is 9.98. The van der Waals surface area contributed by atoms with E-state index in [0.29, 0.717) is 10.0 Å². The van der Waals surface area contributed by atoms with Crippen LogP contribution in [-0.2, 0) is 0 Å². The summed E-state index contributed by atoms with van der Waals surface area (Å²) in [5, 5.41) is 4.53. The minimum Gasteiger partial charge on any atom is -0.370 e. The first-order valence-corrected chi connectivity index (χ1v) is 8.44. The molecular weight excluding hydrogens is 371 g/mol. The minimum atomic E-state index is -0.158. The fourth-order valence-corrected chi connectivity index (χ4v) is 3.48. The second-order valence-electron chi connectivity index (χ2n) is 5.17. The summed E-state index contributed by atoms with van der Waals surface area (Å²) in [5.41, 5.74) is 3.04. The SMILES string of the molecule is Cl.SC(c1cc(Cl)ccc1Cl)c1ccccc1C1=NCCCN1. The largest absolute Gasteiger partial charge is 0.370 e. The summed E-state index contributed by atoms with van der Waals surface area (Å²) in [6.45, 7) is 1.80. The van der Waals surface area contributed by atoms with Crippen LogP contribution in [0.5, 0.6) is 0 Å². The normalized spacial score (nSPS) is 15.2. The minimum absolute atomic E-state index is 0. The van der Waals surface area contributed by atoms with Crippen molar-refractivity contribution in [3.8, 4) is 0 Å². The summed E-state index contributed by atoms with van der Waals surface area (Å²) in [5.74, 6) is 0.930. The Balaban J connectivity index is 0.00000192. The van der Waals surface area contributed by atoms with Crippen LogP contribution in [0.3, 0.4) is 0 Å². The summed E-state index contributed by atoms with van der Waals surface area (Å²) < 4.78 is 0. The van der Waals surface area contributed by atoms with Gasteiger partial charge in [-0.3, -0.25) is 4.99 Å². The molecule has 23 heavy (non-hydrogen) atoms. The average molecular weight is 388 g/mol. The lowest BCUT2D eigenvalue weighted by Crippen LogP contribution is -2.31. The van der Waals surface area contributed by atoms with Crippen molar-refractivity contribution < 1.29 is 0 Å². The number of hydrogen-bond donors (Lipinski definition) is 2. The number of nitrogens with one attached hydrogen (secondary N) is 1. The van der Waals surface area contributed by atoms with Crippen LogP contribution in [0.2, 0.25) is 10.0 Å². The third-order valence-corrected chi connectivity index (χ3v) is 4.80. The summed E-state index contributed by atoms with van der Waals surface area (Å²) in [4.78, 5) is 4.59. The summed E-state index contributed by atoms with van der Waals surface area (Å²) in [7, 11) is 0. The summed E-state index contributed by atoms with van der Waals surface area (Å²) in [6, 6.07) is 13.6. The van der Waals surface area contributed by atoms with Crippen LogP contribution in [0.1, 0.15) is 28.4 Å². The number of halogens is 3. The smallest absolute Gasteiger partial charge is 0.128 e. The predicted molar refractivity (Wildman–Crippen MR) is 105 cm³/mol. The van der Waals surface area contributed by atoms with Gasteiger partial charge in [0.05, 0.1) is 5.25 Å². The molecule has 0 aromatic heterocycles. The zero-order chi connectivity index (χ0) is 15.5. The Morgan fingerprint density at radius 1 is 1.09 bits per heavy atom. The van der Waals surface area contributed by atoms with Crippen LogP contribution in [0.4, 0.5) is 0 Å². The van der Waals surface area contributed by atoms with Gasteiger partial charge in [-0.1, -0.05) is 47.5 Å². The van der Waals surface area contributed by atoms with Crippen molar-refractivity contribution in [3.63, 3.8) is 0 Å². The predicted octanol–water partition coefficient (Wildman–Crippen LogP) is 5.17. The first-order valence-electron chi connectivity index (χ1n) is 7.17. The summed E-state index contributed by atoms with van der Waals surface area (Å²) >= 11 is 17.2. The monoisotopic (exact) mass is 386 g/mol. The van der Waals surface area contributed by atoms with Crippen molar-refractivity contribution >= 4 is 54.1 Å². The van der Waals surface area contributed by atoms with Gasteiger partial charge in [-0.05, 0) is 35.7 Å². The molecule has 1 atom stereocenters. The van der Waals surface area contributed by atoms with Gasteiger partial charge in [0, 0.05) is 28.7 Å². The first-order chi connectivity index (χ1) is 10.7. The highest BCUT2D eigenvalue weighted by Crippen LogP contribution is 2.36. The van der Waals surface area contributed by atoms with E-state index in [-0.39, 0.29) is 17.7 Å².